The van der Waals surface area contributed by atoms with Crippen molar-refractivity contribution in [1.29, 1.82) is 0 Å². The summed E-state index contributed by atoms with van der Waals surface area (Å²) in [5, 5.41) is 0. The standard InChI is InChI=1S/C15H18N2O2/c1-12-9-13(11-16)10-15(17-12)19-8-7-18-14-5-3-2-4-6-14/h2-6,9-10H,7-8,11,16H2,1H3. The lowest BCUT2D eigenvalue weighted by atomic mass is 10.2. The smallest absolute Gasteiger partial charge is 0.213 e. The van der Waals surface area contributed by atoms with Gasteiger partial charge in [0, 0.05) is 18.3 Å². The first kappa shape index (κ1) is 13.4. The van der Waals surface area contributed by atoms with Crippen LogP contribution in [0.5, 0.6) is 11.6 Å². The Morgan fingerprint density at radius 1 is 1.05 bits per heavy atom. The first-order valence-electron chi connectivity index (χ1n) is 6.26. The lowest BCUT2D eigenvalue weighted by molar-refractivity contribution is 0.211. The zero-order valence-corrected chi connectivity index (χ0v) is 11.0. The van der Waals surface area contributed by atoms with Gasteiger partial charge in [-0.2, -0.15) is 0 Å². The molecule has 0 fully saturated rings. The van der Waals surface area contributed by atoms with Gasteiger partial charge in [0.15, 0.2) is 0 Å². The summed E-state index contributed by atoms with van der Waals surface area (Å²) in [5.74, 6) is 1.43. The normalized spacial score (nSPS) is 10.2. The lowest BCUT2D eigenvalue weighted by Gasteiger charge is -2.09. The van der Waals surface area contributed by atoms with Crippen molar-refractivity contribution in [2.75, 3.05) is 13.2 Å². The van der Waals surface area contributed by atoms with Crippen LogP contribution in [0.3, 0.4) is 0 Å². The molecule has 0 aliphatic heterocycles. The Morgan fingerprint density at radius 2 is 1.79 bits per heavy atom. The molecule has 4 heteroatoms. The van der Waals surface area contributed by atoms with E-state index in [0.717, 1.165) is 17.0 Å². The van der Waals surface area contributed by atoms with Crippen molar-refractivity contribution >= 4 is 0 Å². The highest BCUT2D eigenvalue weighted by molar-refractivity contribution is 5.24. The van der Waals surface area contributed by atoms with E-state index in [-0.39, 0.29) is 0 Å². The molecule has 1 heterocycles. The first-order chi connectivity index (χ1) is 9.28. The van der Waals surface area contributed by atoms with E-state index >= 15 is 0 Å². The van der Waals surface area contributed by atoms with Gasteiger partial charge in [-0.15, -0.1) is 0 Å². The summed E-state index contributed by atoms with van der Waals surface area (Å²) in [6.45, 7) is 3.35. The molecule has 0 radical (unpaired) electrons. The highest BCUT2D eigenvalue weighted by Gasteiger charge is 2.00. The third-order valence-corrected chi connectivity index (χ3v) is 2.57. The van der Waals surface area contributed by atoms with E-state index in [2.05, 4.69) is 4.98 Å². The van der Waals surface area contributed by atoms with E-state index in [4.69, 9.17) is 15.2 Å². The number of hydrogen-bond acceptors (Lipinski definition) is 4. The molecule has 1 aromatic heterocycles. The fourth-order valence-electron chi connectivity index (χ4n) is 1.72. The van der Waals surface area contributed by atoms with Crippen LogP contribution in [-0.2, 0) is 6.54 Å². The summed E-state index contributed by atoms with van der Waals surface area (Å²) in [6.07, 6.45) is 0. The van der Waals surface area contributed by atoms with Crippen LogP contribution in [0.25, 0.3) is 0 Å². The van der Waals surface area contributed by atoms with Gasteiger partial charge in [-0.25, -0.2) is 4.98 Å². The Balaban J connectivity index is 1.81. The Kier molecular flexibility index (Phi) is 4.75. The van der Waals surface area contributed by atoms with Gasteiger partial charge in [0.25, 0.3) is 0 Å². The van der Waals surface area contributed by atoms with Crippen molar-refractivity contribution < 1.29 is 9.47 Å². The first-order valence-corrected chi connectivity index (χ1v) is 6.26. The molecule has 2 N–H and O–H groups in total. The number of nitrogens with zero attached hydrogens (tertiary/aromatic N) is 1. The molecule has 0 aliphatic carbocycles. The molecule has 100 valence electrons. The molecular weight excluding hydrogens is 240 g/mol. The maximum Gasteiger partial charge on any atom is 0.213 e. The quantitative estimate of drug-likeness (QED) is 0.808. The molecule has 0 atom stereocenters. The summed E-state index contributed by atoms with van der Waals surface area (Å²) in [6, 6.07) is 13.5. The van der Waals surface area contributed by atoms with Gasteiger partial charge in [0.05, 0.1) is 0 Å². The van der Waals surface area contributed by atoms with E-state index in [9.17, 15) is 0 Å². The molecule has 4 nitrogen and oxygen atoms in total. The number of aromatic nitrogens is 1. The zero-order chi connectivity index (χ0) is 13.5. The second-order valence-corrected chi connectivity index (χ2v) is 4.17. The van der Waals surface area contributed by atoms with Gasteiger partial charge >= 0.3 is 0 Å². The van der Waals surface area contributed by atoms with E-state index in [1.165, 1.54) is 0 Å². The maximum absolute atomic E-state index is 5.61. The number of rotatable bonds is 6. The molecule has 2 aromatic rings. The number of para-hydroxylation sites is 1. The number of aryl methyl sites for hydroxylation is 1. The summed E-state index contributed by atoms with van der Waals surface area (Å²) in [4.78, 5) is 4.29. The molecule has 0 saturated heterocycles. The number of pyridine rings is 1. The van der Waals surface area contributed by atoms with Gasteiger partial charge in [0.2, 0.25) is 5.88 Å². The van der Waals surface area contributed by atoms with E-state index in [1.54, 1.807) is 0 Å². The van der Waals surface area contributed by atoms with E-state index < -0.39 is 0 Å². The van der Waals surface area contributed by atoms with Crippen LogP contribution >= 0.6 is 0 Å². The minimum atomic E-state index is 0.454. The van der Waals surface area contributed by atoms with Crippen LogP contribution in [0.4, 0.5) is 0 Å². The van der Waals surface area contributed by atoms with Crippen LogP contribution in [0.2, 0.25) is 0 Å². The topological polar surface area (TPSA) is 57.4 Å². The molecule has 0 spiro atoms. The minimum absolute atomic E-state index is 0.454. The van der Waals surface area contributed by atoms with Crippen LogP contribution in [0.1, 0.15) is 11.3 Å². The second kappa shape index (κ2) is 6.75. The number of hydrogen-bond donors (Lipinski definition) is 1. The molecule has 0 amide bonds. The minimum Gasteiger partial charge on any atom is -0.490 e. The second-order valence-electron chi connectivity index (χ2n) is 4.17. The van der Waals surface area contributed by atoms with E-state index in [1.807, 2.05) is 49.4 Å². The van der Waals surface area contributed by atoms with Crippen LogP contribution in [0.15, 0.2) is 42.5 Å². The third kappa shape index (κ3) is 4.26. The number of nitrogens with two attached hydrogens (primary N) is 1. The van der Waals surface area contributed by atoms with Gasteiger partial charge in [-0.1, -0.05) is 18.2 Å². The Bertz CT molecular complexity index is 515. The van der Waals surface area contributed by atoms with Gasteiger partial charge in [-0.05, 0) is 30.7 Å². The fraction of sp³-hybridized carbons (Fsp3) is 0.267. The van der Waals surface area contributed by atoms with Crippen molar-refractivity contribution in [3.05, 3.63) is 53.7 Å². The van der Waals surface area contributed by atoms with Crippen molar-refractivity contribution in [3.63, 3.8) is 0 Å². The highest BCUT2D eigenvalue weighted by Crippen LogP contribution is 2.12. The van der Waals surface area contributed by atoms with Crippen molar-refractivity contribution in [1.82, 2.24) is 4.98 Å². The SMILES string of the molecule is Cc1cc(CN)cc(OCCOc2ccccc2)n1. The van der Waals surface area contributed by atoms with Crippen molar-refractivity contribution in [2.45, 2.75) is 13.5 Å². The molecule has 0 saturated carbocycles. The van der Waals surface area contributed by atoms with Gasteiger partial charge in [-0.3, -0.25) is 0 Å². The maximum atomic E-state index is 5.61. The van der Waals surface area contributed by atoms with Crippen LogP contribution < -0.4 is 15.2 Å². The predicted octanol–water partition coefficient (Wildman–Crippen LogP) is 2.31. The number of ether oxygens (including phenoxy) is 2. The summed E-state index contributed by atoms with van der Waals surface area (Å²) in [7, 11) is 0. The molecule has 2 rings (SSSR count). The highest BCUT2D eigenvalue weighted by atomic mass is 16.5. The summed E-state index contributed by atoms with van der Waals surface area (Å²) < 4.78 is 11.1. The largest absolute Gasteiger partial charge is 0.490 e. The molecule has 0 aliphatic rings. The van der Waals surface area contributed by atoms with Crippen molar-refractivity contribution in [2.24, 2.45) is 5.73 Å². The lowest BCUT2D eigenvalue weighted by Crippen LogP contribution is -2.10. The molecule has 0 bridgehead atoms. The third-order valence-electron chi connectivity index (χ3n) is 2.57. The average molecular weight is 258 g/mol. The molecular formula is C15H18N2O2. The molecule has 19 heavy (non-hydrogen) atoms. The fourth-order valence-corrected chi connectivity index (χ4v) is 1.72. The Morgan fingerprint density at radius 3 is 2.53 bits per heavy atom. The Labute approximate surface area is 113 Å². The van der Waals surface area contributed by atoms with Gasteiger partial charge < -0.3 is 15.2 Å². The summed E-state index contributed by atoms with van der Waals surface area (Å²) >= 11 is 0. The average Bonchev–Trinajstić information content (AvgIpc) is 2.44. The predicted molar refractivity (Wildman–Crippen MR) is 74.3 cm³/mol. The zero-order valence-electron chi connectivity index (χ0n) is 11.0. The van der Waals surface area contributed by atoms with Crippen LogP contribution in [0, 0.1) is 6.92 Å². The van der Waals surface area contributed by atoms with Crippen LogP contribution in [-0.4, -0.2) is 18.2 Å². The van der Waals surface area contributed by atoms with Crippen molar-refractivity contribution in [3.8, 4) is 11.6 Å². The molecule has 1 aromatic carbocycles. The van der Waals surface area contributed by atoms with E-state index in [0.29, 0.717) is 25.6 Å². The summed E-state index contributed by atoms with van der Waals surface area (Å²) in [5.41, 5.74) is 7.53. The number of benzene rings is 1. The Hall–Kier alpha value is -2.07. The monoisotopic (exact) mass is 258 g/mol. The van der Waals surface area contributed by atoms with Gasteiger partial charge in [0.1, 0.15) is 19.0 Å². The molecule has 0 unspecified atom stereocenters.